The fraction of sp³-hybridized carbons (Fsp3) is 0.923. The van der Waals surface area contributed by atoms with Gasteiger partial charge >= 0.3 is 0 Å². The van der Waals surface area contributed by atoms with Gasteiger partial charge < -0.3 is 0 Å². The standard InChI is InChI=1S/C13H24O/c1-6-7-10(2)12(3,4)11(14)13(5)8-9-13/h10H,6-9H2,1-5H3. The molecule has 0 amide bonds. The van der Waals surface area contributed by atoms with E-state index in [9.17, 15) is 4.79 Å². The molecule has 1 aliphatic rings. The third kappa shape index (κ3) is 2.02. The molecule has 0 heterocycles. The van der Waals surface area contributed by atoms with Crippen molar-refractivity contribution in [3.8, 4) is 0 Å². The monoisotopic (exact) mass is 196 g/mol. The van der Waals surface area contributed by atoms with Gasteiger partial charge in [-0.1, -0.05) is 47.5 Å². The summed E-state index contributed by atoms with van der Waals surface area (Å²) in [7, 11) is 0. The highest BCUT2D eigenvalue weighted by atomic mass is 16.1. The highest BCUT2D eigenvalue weighted by molar-refractivity contribution is 5.91. The van der Waals surface area contributed by atoms with Gasteiger partial charge in [-0.3, -0.25) is 4.79 Å². The third-order valence-electron chi connectivity index (χ3n) is 4.09. The molecular formula is C13H24O. The molecule has 0 aliphatic heterocycles. The zero-order chi connectivity index (χ0) is 11.0. The molecule has 1 nitrogen and oxygen atoms in total. The molecule has 14 heavy (non-hydrogen) atoms. The molecule has 0 aromatic heterocycles. The number of Topliss-reactive ketones (excluding diaryl/α,β-unsaturated/α-hetero) is 1. The second kappa shape index (κ2) is 3.67. The first kappa shape index (κ1) is 11.7. The zero-order valence-electron chi connectivity index (χ0n) is 10.3. The minimum absolute atomic E-state index is 0.0332. The lowest BCUT2D eigenvalue weighted by atomic mass is 9.70. The summed E-state index contributed by atoms with van der Waals surface area (Å²) in [5.41, 5.74) is -0.0905. The van der Waals surface area contributed by atoms with E-state index in [0.29, 0.717) is 11.7 Å². The van der Waals surface area contributed by atoms with Gasteiger partial charge in [-0.25, -0.2) is 0 Å². The highest BCUT2D eigenvalue weighted by Crippen LogP contribution is 2.51. The average Bonchev–Trinajstić information content (AvgIpc) is 2.84. The van der Waals surface area contributed by atoms with Crippen molar-refractivity contribution in [2.45, 2.75) is 60.3 Å². The predicted octanol–water partition coefficient (Wildman–Crippen LogP) is 3.82. The number of ketones is 1. The molecule has 1 rings (SSSR count). The van der Waals surface area contributed by atoms with Crippen molar-refractivity contribution >= 4 is 5.78 Å². The van der Waals surface area contributed by atoms with Crippen molar-refractivity contribution in [3.63, 3.8) is 0 Å². The van der Waals surface area contributed by atoms with Crippen LogP contribution in [0.2, 0.25) is 0 Å². The van der Waals surface area contributed by atoms with E-state index in [1.807, 2.05) is 0 Å². The highest BCUT2D eigenvalue weighted by Gasteiger charge is 2.51. The van der Waals surface area contributed by atoms with Gasteiger partial charge in [0.1, 0.15) is 5.78 Å². The van der Waals surface area contributed by atoms with Gasteiger partial charge in [0.2, 0.25) is 0 Å². The number of rotatable bonds is 5. The molecule has 0 aromatic carbocycles. The van der Waals surface area contributed by atoms with Gasteiger partial charge in [0.25, 0.3) is 0 Å². The van der Waals surface area contributed by atoms with Crippen LogP contribution < -0.4 is 0 Å². The van der Waals surface area contributed by atoms with Crippen LogP contribution in [-0.2, 0) is 4.79 Å². The maximum atomic E-state index is 12.3. The minimum atomic E-state index is -0.124. The first-order chi connectivity index (χ1) is 6.34. The van der Waals surface area contributed by atoms with Gasteiger partial charge in [0.05, 0.1) is 0 Å². The van der Waals surface area contributed by atoms with E-state index in [4.69, 9.17) is 0 Å². The van der Waals surface area contributed by atoms with Gasteiger partial charge in [-0.15, -0.1) is 0 Å². The Hall–Kier alpha value is -0.330. The summed E-state index contributed by atoms with van der Waals surface area (Å²) in [5, 5.41) is 0. The Kier molecular flexibility index (Phi) is 3.08. The molecule has 1 saturated carbocycles. The quantitative estimate of drug-likeness (QED) is 0.653. The molecule has 1 atom stereocenters. The fourth-order valence-corrected chi connectivity index (χ4v) is 2.21. The summed E-state index contributed by atoms with van der Waals surface area (Å²) in [5.74, 6) is 1.00. The van der Waals surface area contributed by atoms with Crippen LogP contribution in [0.3, 0.4) is 0 Å². The van der Waals surface area contributed by atoms with Crippen molar-refractivity contribution in [3.05, 3.63) is 0 Å². The summed E-state index contributed by atoms with van der Waals surface area (Å²) in [4.78, 5) is 12.3. The lowest BCUT2D eigenvalue weighted by molar-refractivity contribution is -0.134. The van der Waals surface area contributed by atoms with Gasteiger partial charge in [-0.2, -0.15) is 0 Å². The van der Waals surface area contributed by atoms with Crippen LogP contribution in [0.15, 0.2) is 0 Å². The van der Waals surface area contributed by atoms with E-state index in [-0.39, 0.29) is 10.8 Å². The molecule has 1 fully saturated rings. The molecule has 0 radical (unpaired) electrons. The molecule has 82 valence electrons. The number of hydrogen-bond donors (Lipinski definition) is 0. The van der Waals surface area contributed by atoms with Crippen molar-refractivity contribution < 1.29 is 4.79 Å². The first-order valence-corrected chi connectivity index (χ1v) is 5.89. The van der Waals surface area contributed by atoms with Crippen molar-refractivity contribution in [1.29, 1.82) is 0 Å². The van der Waals surface area contributed by atoms with E-state index in [2.05, 4.69) is 34.6 Å². The summed E-state index contributed by atoms with van der Waals surface area (Å²) < 4.78 is 0. The lowest BCUT2D eigenvalue weighted by Crippen LogP contribution is -2.36. The molecule has 1 heteroatoms. The van der Waals surface area contributed by atoms with E-state index >= 15 is 0 Å². The average molecular weight is 196 g/mol. The van der Waals surface area contributed by atoms with E-state index < -0.39 is 0 Å². The Morgan fingerprint density at radius 3 is 2.29 bits per heavy atom. The Balaban J connectivity index is 2.68. The molecule has 0 aromatic rings. The molecular weight excluding hydrogens is 172 g/mol. The Labute approximate surface area is 88.3 Å². The predicted molar refractivity (Wildman–Crippen MR) is 60.2 cm³/mol. The SMILES string of the molecule is CCCC(C)C(C)(C)C(=O)C1(C)CC1. The number of carbonyl (C=O) groups is 1. The Morgan fingerprint density at radius 1 is 1.43 bits per heavy atom. The molecule has 0 saturated heterocycles. The molecule has 1 aliphatic carbocycles. The maximum absolute atomic E-state index is 12.3. The van der Waals surface area contributed by atoms with Crippen molar-refractivity contribution in [2.75, 3.05) is 0 Å². The summed E-state index contributed by atoms with van der Waals surface area (Å²) in [6, 6.07) is 0. The minimum Gasteiger partial charge on any atom is -0.298 e. The Morgan fingerprint density at radius 2 is 1.93 bits per heavy atom. The van der Waals surface area contributed by atoms with E-state index in [1.54, 1.807) is 0 Å². The van der Waals surface area contributed by atoms with Crippen LogP contribution in [0.4, 0.5) is 0 Å². The van der Waals surface area contributed by atoms with E-state index in [0.717, 1.165) is 19.3 Å². The van der Waals surface area contributed by atoms with Crippen molar-refractivity contribution in [1.82, 2.24) is 0 Å². The largest absolute Gasteiger partial charge is 0.298 e. The van der Waals surface area contributed by atoms with Crippen LogP contribution in [0.25, 0.3) is 0 Å². The van der Waals surface area contributed by atoms with Gasteiger partial charge in [-0.05, 0) is 18.8 Å². The topological polar surface area (TPSA) is 17.1 Å². The summed E-state index contributed by atoms with van der Waals surface area (Å²) in [6.45, 7) is 10.8. The second-order valence-corrected chi connectivity index (χ2v) is 5.80. The third-order valence-corrected chi connectivity index (χ3v) is 4.09. The molecule has 1 unspecified atom stereocenters. The fourth-order valence-electron chi connectivity index (χ4n) is 2.21. The van der Waals surface area contributed by atoms with Crippen LogP contribution in [0.5, 0.6) is 0 Å². The van der Waals surface area contributed by atoms with Crippen LogP contribution >= 0.6 is 0 Å². The second-order valence-electron chi connectivity index (χ2n) is 5.80. The van der Waals surface area contributed by atoms with Crippen LogP contribution in [0.1, 0.15) is 60.3 Å². The molecule has 0 spiro atoms. The van der Waals surface area contributed by atoms with E-state index in [1.165, 1.54) is 6.42 Å². The smallest absolute Gasteiger partial charge is 0.144 e. The van der Waals surface area contributed by atoms with Crippen LogP contribution in [0, 0.1) is 16.7 Å². The first-order valence-electron chi connectivity index (χ1n) is 5.89. The maximum Gasteiger partial charge on any atom is 0.144 e. The van der Waals surface area contributed by atoms with Gasteiger partial charge in [0.15, 0.2) is 0 Å². The van der Waals surface area contributed by atoms with Crippen molar-refractivity contribution in [2.24, 2.45) is 16.7 Å². The normalized spacial score (nSPS) is 21.8. The van der Waals surface area contributed by atoms with Gasteiger partial charge in [0, 0.05) is 10.8 Å². The Bertz CT molecular complexity index is 223. The number of hydrogen-bond acceptors (Lipinski definition) is 1. The zero-order valence-corrected chi connectivity index (χ0v) is 10.3. The summed E-state index contributed by atoms with van der Waals surface area (Å²) in [6.07, 6.45) is 4.55. The van der Waals surface area contributed by atoms with Crippen LogP contribution in [-0.4, -0.2) is 5.78 Å². The number of carbonyl (C=O) groups excluding carboxylic acids is 1. The molecule has 0 N–H and O–H groups in total. The summed E-state index contributed by atoms with van der Waals surface area (Å²) >= 11 is 0. The lowest BCUT2D eigenvalue weighted by Gasteiger charge is -2.32. The molecule has 0 bridgehead atoms.